The molecule has 132 valence electrons. The molecule has 0 aliphatic carbocycles. The van der Waals surface area contributed by atoms with Gasteiger partial charge in [0.15, 0.2) is 5.78 Å². The zero-order valence-corrected chi connectivity index (χ0v) is 14.1. The molecule has 4 nitrogen and oxygen atoms in total. The fraction of sp³-hybridized carbons (Fsp3) is 0.190. The van der Waals surface area contributed by atoms with Gasteiger partial charge in [0, 0.05) is 18.4 Å². The van der Waals surface area contributed by atoms with Crippen LogP contribution in [0.25, 0.3) is 6.08 Å². The van der Waals surface area contributed by atoms with Gasteiger partial charge < -0.3 is 0 Å². The molecule has 26 heavy (non-hydrogen) atoms. The Balaban J connectivity index is 1.62. The Bertz CT molecular complexity index is 861. The quantitative estimate of drug-likeness (QED) is 0.592. The Morgan fingerprint density at radius 3 is 2.50 bits per heavy atom. The molecule has 5 heteroatoms. The fourth-order valence-corrected chi connectivity index (χ4v) is 2.95. The second-order valence-electron chi connectivity index (χ2n) is 6.23. The molecule has 0 radical (unpaired) electrons. The van der Waals surface area contributed by atoms with Crippen molar-refractivity contribution in [3.05, 3.63) is 77.6 Å². The van der Waals surface area contributed by atoms with E-state index in [0.717, 1.165) is 5.56 Å². The van der Waals surface area contributed by atoms with Crippen LogP contribution >= 0.6 is 0 Å². The average molecular weight is 351 g/mol. The van der Waals surface area contributed by atoms with Gasteiger partial charge in [-0.05, 0) is 23.8 Å². The summed E-state index contributed by atoms with van der Waals surface area (Å²) >= 11 is 0. The summed E-state index contributed by atoms with van der Waals surface area (Å²) in [6.45, 7) is 0.217. The third-order valence-corrected chi connectivity index (χ3v) is 4.32. The van der Waals surface area contributed by atoms with Crippen molar-refractivity contribution in [2.75, 3.05) is 0 Å². The number of hydrogen-bond acceptors (Lipinski definition) is 3. The van der Waals surface area contributed by atoms with Crippen LogP contribution in [0.1, 0.15) is 24.0 Å². The van der Waals surface area contributed by atoms with Crippen LogP contribution in [0.5, 0.6) is 0 Å². The molecule has 2 amide bonds. The van der Waals surface area contributed by atoms with E-state index in [-0.39, 0.29) is 37.0 Å². The summed E-state index contributed by atoms with van der Waals surface area (Å²) in [5.74, 6) is -1.97. The van der Waals surface area contributed by atoms with Crippen LogP contribution in [-0.2, 0) is 20.9 Å². The molecule has 0 saturated carbocycles. The summed E-state index contributed by atoms with van der Waals surface area (Å²) < 4.78 is 13.5. The number of amides is 2. The van der Waals surface area contributed by atoms with Crippen molar-refractivity contribution < 1.29 is 18.8 Å². The van der Waals surface area contributed by atoms with Crippen LogP contribution in [0.2, 0.25) is 0 Å². The Kier molecular flexibility index (Phi) is 5.37. The van der Waals surface area contributed by atoms with E-state index >= 15 is 0 Å². The highest BCUT2D eigenvalue weighted by Gasteiger charge is 2.38. The van der Waals surface area contributed by atoms with Crippen LogP contribution in [0, 0.1) is 11.7 Å². The third kappa shape index (κ3) is 4.11. The maximum atomic E-state index is 13.5. The average Bonchev–Trinajstić information content (AvgIpc) is 2.89. The maximum absolute atomic E-state index is 13.5. The number of ketones is 1. The summed E-state index contributed by atoms with van der Waals surface area (Å²) in [6, 6.07) is 15.3. The minimum atomic E-state index is -0.649. The molecule has 1 heterocycles. The molecule has 0 aromatic heterocycles. The minimum Gasteiger partial charge on any atom is -0.295 e. The molecule has 0 unspecified atom stereocenters. The number of hydrogen-bond donors (Lipinski definition) is 0. The van der Waals surface area contributed by atoms with E-state index in [1.165, 1.54) is 23.1 Å². The van der Waals surface area contributed by atoms with Gasteiger partial charge in [0.2, 0.25) is 11.8 Å². The van der Waals surface area contributed by atoms with Gasteiger partial charge >= 0.3 is 0 Å². The number of likely N-dealkylation sites (tertiary alicyclic amines) is 1. The van der Waals surface area contributed by atoms with Crippen LogP contribution in [0.15, 0.2) is 60.7 Å². The topological polar surface area (TPSA) is 54.5 Å². The van der Waals surface area contributed by atoms with Crippen molar-refractivity contribution >= 4 is 23.7 Å². The SMILES string of the molecule is O=C(/C=C/c1ccccc1F)C[C@H]1CC(=O)N(Cc2ccccc2)C1=O. The lowest BCUT2D eigenvalue weighted by Gasteiger charge is -2.14. The van der Waals surface area contributed by atoms with Crippen LogP contribution in [0.4, 0.5) is 4.39 Å². The van der Waals surface area contributed by atoms with Crippen molar-refractivity contribution in [2.45, 2.75) is 19.4 Å². The van der Waals surface area contributed by atoms with Gasteiger partial charge in [-0.25, -0.2) is 4.39 Å². The molecule has 2 aromatic carbocycles. The van der Waals surface area contributed by atoms with Crippen molar-refractivity contribution in [2.24, 2.45) is 5.92 Å². The Hall–Kier alpha value is -3.08. The largest absolute Gasteiger partial charge is 0.295 e. The van der Waals surface area contributed by atoms with Gasteiger partial charge in [-0.3, -0.25) is 19.3 Å². The summed E-state index contributed by atoms with van der Waals surface area (Å²) in [5.41, 5.74) is 1.17. The Morgan fingerprint density at radius 1 is 1.08 bits per heavy atom. The lowest BCUT2D eigenvalue weighted by molar-refractivity contribution is -0.140. The number of benzene rings is 2. The highest BCUT2D eigenvalue weighted by atomic mass is 19.1. The molecule has 1 aliphatic heterocycles. The highest BCUT2D eigenvalue weighted by Crippen LogP contribution is 2.25. The minimum absolute atomic E-state index is 0.0327. The molecule has 1 fully saturated rings. The summed E-state index contributed by atoms with van der Waals surface area (Å²) in [6.07, 6.45) is 2.63. The monoisotopic (exact) mass is 351 g/mol. The predicted octanol–water partition coefficient (Wildman–Crippen LogP) is 3.37. The number of halogens is 1. The van der Waals surface area contributed by atoms with Gasteiger partial charge in [0.25, 0.3) is 0 Å². The van der Waals surface area contributed by atoms with Crippen LogP contribution in [-0.4, -0.2) is 22.5 Å². The van der Waals surface area contributed by atoms with E-state index in [9.17, 15) is 18.8 Å². The van der Waals surface area contributed by atoms with Crippen molar-refractivity contribution in [1.29, 1.82) is 0 Å². The van der Waals surface area contributed by atoms with Crippen LogP contribution < -0.4 is 0 Å². The highest BCUT2D eigenvalue weighted by molar-refractivity contribution is 6.06. The van der Waals surface area contributed by atoms with Crippen LogP contribution in [0.3, 0.4) is 0 Å². The zero-order chi connectivity index (χ0) is 18.5. The Labute approximate surface area is 150 Å². The van der Waals surface area contributed by atoms with E-state index in [1.807, 2.05) is 30.3 Å². The van der Waals surface area contributed by atoms with E-state index in [0.29, 0.717) is 5.56 Å². The summed E-state index contributed by atoms with van der Waals surface area (Å²) in [7, 11) is 0. The molecule has 1 aliphatic rings. The van der Waals surface area contributed by atoms with Gasteiger partial charge in [-0.1, -0.05) is 48.5 Å². The van der Waals surface area contributed by atoms with E-state index in [1.54, 1.807) is 18.2 Å². The first-order chi connectivity index (χ1) is 12.5. The number of allylic oxidation sites excluding steroid dienone is 1. The molecule has 0 N–H and O–H groups in total. The number of nitrogens with zero attached hydrogens (tertiary/aromatic N) is 1. The molecular weight excluding hydrogens is 333 g/mol. The smallest absolute Gasteiger partial charge is 0.233 e. The first kappa shape index (κ1) is 17.7. The van der Waals surface area contributed by atoms with Crippen molar-refractivity contribution in [3.8, 4) is 0 Å². The summed E-state index contributed by atoms with van der Waals surface area (Å²) in [5, 5.41) is 0. The number of imide groups is 1. The zero-order valence-electron chi connectivity index (χ0n) is 14.1. The lowest BCUT2D eigenvalue weighted by Crippen LogP contribution is -2.30. The predicted molar refractivity (Wildman–Crippen MR) is 95.2 cm³/mol. The second-order valence-corrected chi connectivity index (χ2v) is 6.23. The van der Waals surface area contributed by atoms with E-state index in [4.69, 9.17) is 0 Å². The number of carbonyl (C=O) groups is 3. The van der Waals surface area contributed by atoms with Gasteiger partial charge in [-0.2, -0.15) is 0 Å². The van der Waals surface area contributed by atoms with E-state index in [2.05, 4.69) is 0 Å². The Morgan fingerprint density at radius 2 is 1.77 bits per heavy atom. The second kappa shape index (κ2) is 7.87. The summed E-state index contributed by atoms with van der Waals surface area (Å²) in [4.78, 5) is 37.9. The molecular formula is C21H18FNO3. The van der Waals surface area contributed by atoms with E-state index < -0.39 is 11.7 Å². The third-order valence-electron chi connectivity index (χ3n) is 4.32. The molecule has 2 aromatic rings. The van der Waals surface area contributed by atoms with Gasteiger partial charge in [-0.15, -0.1) is 0 Å². The first-order valence-electron chi connectivity index (χ1n) is 8.38. The molecule has 0 bridgehead atoms. The fourth-order valence-electron chi connectivity index (χ4n) is 2.95. The molecule has 3 rings (SSSR count). The molecule has 1 atom stereocenters. The standard InChI is InChI=1S/C21H18FNO3/c22-19-9-5-4-8-16(19)10-11-18(24)12-17-13-20(25)23(21(17)26)14-15-6-2-1-3-7-15/h1-11,17H,12-14H2/b11-10+/t17-/m0/s1. The van der Waals surface area contributed by atoms with Crippen molar-refractivity contribution in [3.63, 3.8) is 0 Å². The first-order valence-corrected chi connectivity index (χ1v) is 8.38. The lowest BCUT2D eigenvalue weighted by atomic mass is 10.00. The number of rotatable bonds is 6. The maximum Gasteiger partial charge on any atom is 0.233 e. The molecule has 1 saturated heterocycles. The number of carbonyl (C=O) groups excluding carboxylic acids is 3. The van der Waals surface area contributed by atoms with Gasteiger partial charge in [0.05, 0.1) is 12.5 Å². The normalized spacial score (nSPS) is 17.3. The van der Waals surface area contributed by atoms with Crippen molar-refractivity contribution in [1.82, 2.24) is 4.90 Å². The molecule has 0 spiro atoms. The van der Waals surface area contributed by atoms with Gasteiger partial charge in [0.1, 0.15) is 5.82 Å².